The second-order valence-electron chi connectivity index (χ2n) is 9.41. The molecule has 150 valence electrons. The summed E-state index contributed by atoms with van der Waals surface area (Å²) in [5.41, 5.74) is 2.70. The summed E-state index contributed by atoms with van der Waals surface area (Å²) in [6, 6.07) is 3.91. The van der Waals surface area contributed by atoms with Crippen molar-refractivity contribution in [1.82, 2.24) is 19.5 Å². The van der Waals surface area contributed by atoms with E-state index in [1.807, 2.05) is 19.1 Å². The Kier molecular flexibility index (Phi) is 4.86. The summed E-state index contributed by atoms with van der Waals surface area (Å²) in [6.07, 6.45) is 2.31. The molecule has 0 bridgehead atoms. The van der Waals surface area contributed by atoms with E-state index in [-0.39, 0.29) is 16.4 Å². The molecule has 3 rings (SSSR count). The number of imidazole rings is 1. The molecule has 6 nitrogen and oxygen atoms in total. The average Bonchev–Trinajstić information content (AvgIpc) is 3.04. The number of aromatic hydroxyl groups is 1. The van der Waals surface area contributed by atoms with E-state index in [2.05, 4.69) is 51.5 Å². The van der Waals surface area contributed by atoms with Crippen LogP contribution in [0.1, 0.15) is 66.0 Å². The third kappa shape index (κ3) is 3.43. The Labute approximate surface area is 165 Å². The molecule has 3 aromatic rings. The summed E-state index contributed by atoms with van der Waals surface area (Å²) in [5.74, 6) is 0.899. The summed E-state index contributed by atoms with van der Waals surface area (Å²) in [6.45, 7) is 15.0. The van der Waals surface area contributed by atoms with Crippen molar-refractivity contribution in [2.45, 2.75) is 72.3 Å². The standard InChI is InChI=1S/C22H30N4O2/c1-8-9-26-19(25-18-16(20(26)28)23-12-24-18)13-10-14(21(2,3)4)17(27)15(11-13)22(5,6)7/h10-12,27H,8-9H2,1-7H3,(H,23,24). The van der Waals surface area contributed by atoms with Crippen LogP contribution in [0.3, 0.4) is 0 Å². The number of phenolic OH excluding ortho intramolecular Hbond substituents is 1. The maximum atomic E-state index is 13.0. The Balaban J connectivity index is 2.41. The number of aromatic amines is 1. The minimum atomic E-state index is -0.258. The second-order valence-corrected chi connectivity index (χ2v) is 9.41. The fraction of sp³-hybridized carbons (Fsp3) is 0.500. The van der Waals surface area contributed by atoms with Gasteiger partial charge in [-0.15, -0.1) is 0 Å². The van der Waals surface area contributed by atoms with E-state index < -0.39 is 0 Å². The molecule has 0 aliphatic carbocycles. The maximum absolute atomic E-state index is 13.0. The van der Waals surface area contributed by atoms with Crippen LogP contribution in [0, 0.1) is 0 Å². The van der Waals surface area contributed by atoms with Crippen LogP contribution in [0.5, 0.6) is 5.75 Å². The van der Waals surface area contributed by atoms with E-state index >= 15 is 0 Å². The van der Waals surface area contributed by atoms with Crippen molar-refractivity contribution in [3.63, 3.8) is 0 Å². The minimum Gasteiger partial charge on any atom is -0.507 e. The summed E-state index contributed by atoms with van der Waals surface area (Å²) in [4.78, 5) is 24.8. The van der Waals surface area contributed by atoms with Gasteiger partial charge in [0.2, 0.25) is 0 Å². The number of benzene rings is 1. The zero-order valence-electron chi connectivity index (χ0n) is 17.8. The molecule has 0 spiro atoms. The molecule has 0 amide bonds. The van der Waals surface area contributed by atoms with Crippen LogP contribution in [0.2, 0.25) is 0 Å². The van der Waals surface area contributed by atoms with E-state index in [0.717, 1.165) is 23.1 Å². The van der Waals surface area contributed by atoms with Crippen molar-refractivity contribution in [2.75, 3.05) is 0 Å². The number of H-pyrrole nitrogens is 1. The van der Waals surface area contributed by atoms with Gasteiger partial charge < -0.3 is 10.1 Å². The maximum Gasteiger partial charge on any atom is 0.279 e. The van der Waals surface area contributed by atoms with Crippen LogP contribution in [0.4, 0.5) is 0 Å². The second kappa shape index (κ2) is 6.76. The van der Waals surface area contributed by atoms with Gasteiger partial charge in [-0.25, -0.2) is 9.97 Å². The van der Waals surface area contributed by atoms with Crippen LogP contribution in [-0.2, 0) is 17.4 Å². The third-order valence-electron chi connectivity index (χ3n) is 4.98. The van der Waals surface area contributed by atoms with Crippen LogP contribution in [0.25, 0.3) is 22.6 Å². The van der Waals surface area contributed by atoms with Crippen LogP contribution in [-0.4, -0.2) is 24.6 Å². The van der Waals surface area contributed by atoms with Crippen molar-refractivity contribution < 1.29 is 5.11 Å². The predicted octanol–water partition coefficient (Wildman–Crippen LogP) is 4.50. The van der Waals surface area contributed by atoms with Gasteiger partial charge in [0, 0.05) is 23.2 Å². The predicted molar refractivity (Wildman–Crippen MR) is 113 cm³/mol. The molecule has 0 saturated heterocycles. The largest absolute Gasteiger partial charge is 0.507 e. The fourth-order valence-corrected chi connectivity index (χ4v) is 3.48. The fourth-order valence-electron chi connectivity index (χ4n) is 3.48. The number of nitrogens with one attached hydrogen (secondary N) is 1. The first-order chi connectivity index (χ1) is 12.9. The Morgan fingerprint density at radius 3 is 2.14 bits per heavy atom. The van der Waals surface area contributed by atoms with Crippen LogP contribution in [0.15, 0.2) is 23.3 Å². The van der Waals surface area contributed by atoms with Gasteiger partial charge in [0.15, 0.2) is 11.2 Å². The highest BCUT2D eigenvalue weighted by atomic mass is 16.3. The molecule has 0 aliphatic heterocycles. The van der Waals surface area contributed by atoms with E-state index in [4.69, 9.17) is 4.98 Å². The Bertz CT molecular complexity index is 1040. The van der Waals surface area contributed by atoms with Crippen LogP contribution >= 0.6 is 0 Å². The highest BCUT2D eigenvalue weighted by molar-refractivity contribution is 5.73. The Morgan fingerprint density at radius 2 is 1.64 bits per heavy atom. The van der Waals surface area contributed by atoms with Gasteiger partial charge in [-0.2, -0.15) is 0 Å². The molecular weight excluding hydrogens is 352 g/mol. The summed E-state index contributed by atoms with van der Waals surface area (Å²) in [5, 5.41) is 11.0. The first kappa shape index (κ1) is 20.1. The third-order valence-corrected chi connectivity index (χ3v) is 4.98. The first-order valence-corrected chi connectivity index (χ1v) is 9.77. The molecule has 28 heavy (non-hydrogen) atoms. The van der Waals surface area contributed by atoms with E-state index in [1.54, 1.807) is 4.57 Å². The van der Waals surface area contributed by atoms with Crippen molar-refractivity contribution in [3.05, 3.63) is 39.9 Å². The highest BCUT2D eigenvalue weighted by Gasteiger charge is 2.28. The molecule has 0 fully saturated rings. The monoisotopic (exact) mass is 382 g/mol. The molecule has 0 saturated carbocycles. The van der Waals surface area contributed by atoms with Gasteiger partial charge in [0.25, 0.3) is 5.56 Å². The van der Waals surface area contributed by atoms with Gasteiger partial charge in [-0.3, -0.25) is 9.36 Å². The molecule has 6 heteroatoms. The summed E-state index contributed by atoms with van der Waals surface area (Å²) >= 11 is 0. The number of phenols is 1. The lowest BCUT2D eigenvalue weighted by molar-refractivity contribution is 0.423. The molecule has 0 aliphatic rings. The molecule has 1 aromatic carbocycles. The Hall–Kier alpha value is -2.63. The van der Waals surface area contributed by atoms with E-state index in [9.17, 15) is 9.90 Å². The van der Waals surface area contributed by atoms with E-state index in [1.165, 1.54) is 6.33 Å². The topological polar surface area (TPSA) is 83.8 Å². The summed E-state index contributed by atoms with van der Waals surface area (Å²) < 4.78 is 1.70. The Morgan fingerprint density at radius 1 is 1.07 bits per heavy atom. The van der Waals surface area contributed by atoms with Gasteiger partial charge in [0.05, 0.1) is 6.33 Å². The molecular formula is C22H30N4O2. The minimum absolute atomic E-state index is 0.123. The summed E-state index contributed by atoms with van der Waals surface area (Å²) in [7, 11) is 0. The van der Waals surface area contributed by atoms with Crippen molar-refractivity contribution >= 4 is 11.2 Å². The lowest BCUT2D eigenvalue weighted by Gasteiger charge is -2.28. The normalized spacial score (nSPS) is 12.7. The van der Waals surface area contributed by atoms with Crippen molar-refractivity contribution in [1.29, 1.82) is 0 Å². The molecule has 0 radical (unpaired) electrons. The van der Waals surface area contributed by atoms with E-state index in [0.29, 0.717) is 29.3 Å². The van der Waals surface area contributed by atoms with Gasteiger partial charge in [0.1, 0.15) is 11.6 Å². The smallest absolute Gasteiger partial charge is 0.279 e. The average molecular weight is 383 g/mol. The number of hydrogen-bond donors (Lipinski definition) is 2. The highest BCUT2D eigenvalue weighted by Crippen LogP contribution is 2.41. The van der Waals surface area contributed by atoms with Crippen molar-refractivity contribution in [3.8, 4) is 17.1 Å². The number of hydrogen-bond acceptors (Lipinski definition) is 4. The number of nitrogens with zero attached hydrogens (tertiary/aromatic N) is 3. The SMILES string of the molecule is CCCn1c(-c2cc(C(C)(C)C)c(O)c(C(C)(C)C)c2)nc2nc[nH]c2c1=O. The lowest BCUT2D eigenvalue weighted by Crippen LogP contribution is -2.24. The zero-order valence-corrected chi connectivity index (χ0v) is 17.8. The molecule has 0 unspecified atom stereocenters. The van der Waals surface area contributed by atoms with Crippen LogP contribution < -0.4 is 5.56 Å². The van der Waals surface area contributed by atoms with Gasteiger partial charge in [-0.1, -0.05) is 48.5 Å². The number of aromatic nitrogens is 4. The quantitative estimate of drug-likeness (QED) is 0.699. The molecule has 2 N–H and O–H groups in total. The van der Waals surface area contributed by atoms with Crippen molar-refractivity contribution in [2.24, 2.45) is 0 Å². The zero-order chi connectivity index (χ0) is 20.9. The van der Waals surface area contributed by atoms with Gasteiger partial charge >= 0.3 is 0 Å². The molecule has 2 heterocycles. The lowest BCUT2D eigenvalue weighted by atomic mass is 9.78. The molecule has 2 aromatic heterocycles. The molecule has 0 atom stereocenters. The first-order valence-electron chi connectivity index (χ1n) is 9.77. The number of fused-ring (bicyclic) bond motifs is 1. The van der Waals surface area contributed by atoms with Gasteiger partial charge in [-0.05, 0) is 29.4 Å². The number of rotatable bonds is 3.